The molecule has 8 nitrogen and oxygen atoms in total. The second kappa shape index (κ2) is 12.6. The highest BCUT2D eigenvalue weighted by Gasteiger charge is 2.17. The van der Waals surface area contributed by atoms with Crippen LogP contribution in [0.5, 0.6) is 0 Å². The van der Waals surface area contributed by atoms with Gasteiger partial charge >= 0.3 is 11.4 Å². The standard InChI is InChI=1S/2C11H14N3.BFO2/c2*1-9-8-10(13-12)4-5-11(9)14-6-2-3-7-14;2-1(3)4/h2*4-5,8H,2-3,6-7H2,1H3;/q2*+1;-2. The second-order valence-electron chi connectivity index (χ2n) is 7.80. The number of rotatable bonds is 2. The molecule has 2 aliphatic heterocycles. The van der Waals surface area contributed by atoms with Gasteiger partial charge in [-0.25, -0.2) is 0 Å². The Balaban J connectivity index is 0.000000195. The zero-order valence-corrected chi connectivity index (χ0v) is 18.6. The molecule has 168 valence electrons. The molecule has 0 radical (unpaired) electrons. The van der Waals surface area contributed by atoms with Crippen molar-refractivity contribution in [2.24, 2.45) is 0 Å². The summed E-state index contributed by atoms with van der Waals surface area (Å²) in [6.45, 7) is 8.71. The first-order valence-corrected chi connectivity index (χ1v) is 10.7. The summed E-state index contributed by atoms with van der Waals surface area (Å²) in [5.41, 5.74) is 6.17. The molecule has 0 saturated carbocycles. The molecule has 0 unspecified atom stereocenters. The molecule has 0 spiro atoms. The average molecular weight is 438 g/mol. The lowest BCUT2D eigenvalue weighted by Gasteiger charge is -2.19. The molecule has 32 heavy (non-hydrogen) atoms. The summed E-state index contributed by atoms with van der Waals surface area (Å²) < 4.78 is 9.89. The number of aryl methyl sites for hydroxylation is 2. The molecular formula is C22H28BFN6O2. The maximum absolute atomic E-state index is 9.89. The molecule has 0 aliphatic carbocycles. The Kier molecular flexibility index (Phi) is 9.87. The van der Waals surface area contributed by atoms with Gasteiger partial charge in [0.25, 0.3) is 0 Å². The van der Waals surface area contributed by atoms with Crippen LogP contribution in [0.15, 0.2) is 36.4 Å². The largest absolute Gasteiger partial charge is 0.867 e. The maximum atomic E-state index is 9.89. The molecule has 0 amide bonds. The lowest BCUT2D eigenvalue weighted by Crippen LogP contribution is -2.39. The number of diazo groups is 2. The van der Waals surface area contributed by atoms with Gasteiger partial charge in [0.05, 0.1) is 0 Å². The molecule has 0 bridgehead atoms. The first-order valence-electron chi connectivity index (χ1n) is 10.7. The predicted octanol–water partition coefficient (Wildman–Crippen LogP) is 3.82. The number of benzene rings is 2. The predicted molar refractivity (Wildman–Crippen MR) is 122 cm³/mol. The minimum Gasteiger partial charge on any atom is -0.867 e. The van der Waals surface area contributed by atoms with Crippen molar-refractivity contribution in [1.82, 2.24) is 0 Å². The normalized spacial score (nSPS) is 14.5. The molecule has 2 aromatic rings. The SMILES string of the molecule is Cc1cc([N+]#N)ccc1N1CCCC1.Cc1cc([N+]#N)ccc1N1CCCC1.[O-]B([O-])F. The monoisotopic (exact) mass is 438 g/mol. The lowest BCUT2D eigenvalue weighted by molar-refractivity contribution is -0.366. The van der Waals surface area contributed by atoms with E-state index in [-0.39, 0.29) is 0 Å². The van der Waals surface area contributed by atoms with Crippen molar-refractivity contribution < 1.29 is 14.4 Å². The van der Waals surface area contributed by atoms with E-state index in [0.29, 0.717) is 11.4 Å². The van der Waals surface area contributed by atoms with Crippen LogP contribution in [0.4, 0.5) is 27.1 Å². The van der Waals surface area contributed by atoms with Gasteiger partial charge in [-0.1, -0.05) is 0 Å². The fourth-order valence-electron chi connectivity index (χ4n) is 4.03. The number of anilines is 2. The Labute approximate surface area is 188 Å². The van der Waals surface area contributed by atoms with Crippen LogP contribution in [0.25, 0.3) is 9.95 Å². The van der Waals surface area contributed by atoms with E-state index in [1.54, 1.807) is 0 Å². The van der Waals surface area contributed by atoms with Gasteiger partial charge in [0.1, 0.15) is 7.40 Å². The van der Waals surface area contributed by atoms with Gasteiger partial charge in [0, 0.05) is 61.8 Å². The van der Waals surface area contributed by atoms with Crippen LogP contribution in [-0.4, -0.2) is 33.6 Å². The topological polar surface area (TPSA) is 109 Å². The van der Waals surface area contributed by atoms with Gasteiger partial charge in [0.15, 0.2) is 9.95 Å². The highest BCUT2D eigenvalue weighted by atomic mass is 19.1. The van der Waals surface area contributed by atoms with Crippen LogP contribution >= 0.6 is 0 Å². The van der Waals surface area contributed by atoms with Crippen molar-refractivity contribution >= 4 is 30.1 Å². The molecule has 10 heteroatoms. The third kappa shape index (κ3) is 7.49. The van der Waals surface area contributed by atoms with Crippen LogP contribution in [-0.2, 0) is 0 Å². The highest BCUT2D eigenvalue weighted by Crippen LogP contribution is 2.28. The van der Waals surface area contributed by atoms with Gasteiger partial charge in [-0.2, -0.15) is 0 Å². The average Bonchev–Trinajstić information content (AvgIpc) is 3.48. The summed E-state index contributed by atoms with van der Waals surface area (Å²) in [5.74, 6) is 0. The molecule has 2 saturated heterocycles. The minimum atomic E-state index is -3.17. The first kappa shape index (κ1) is 25.1. The van der Waals surface area contributed by atoms with Gasteiger partial charge in [-0.15, -0.1) is 0 Å². The van der Waals surface area contributed by atoms with Crippen molar-refractivity contribution in [3.8, 4) is 0 Å². The zero-order valence-electron chi connectivity index (χ0n) is 18.6. The van der Waals surface area contributed by atoms with E-state index >= 15 is 0 Å². The van der Waals surface area contributed by atoms with Gasteiger partial charge in [0.2, 0.25) is 10.8 Å². The van der Waals surface area contributed by atoms with Crippen LogP contribution in [0.1, 0.15) is 36.8 Å². The number of halogens is 1. The molecule has 0 aromatic heterocycles. The smallest absolute Gasteiger partial charge is 0.385 e. The summed E-state index contributed by atoms with van der Waals surface area (Å²) in [5, 5.41) is 33.9. The van der Waals surface area contributed by atoms with Gasteiger partial charge < -0.3 is 24.2 Å². The highest BCUT2D eigenvalue weighted by molar-refractivity contribution is 6.27. The summed E-state index contributed by atoms with van der Waals surface area (Å²) >= 11 is 0. The molecule has 4 rings (SSSR count). The van der Waals surface area contributed by atoms with E-state index in [0.717, 1.165) is 26.2 Å². The van der Waals surface area contributed by atoms with E-state index in [1.807, 2.05) is 36.4 Å². The number of nitrogens with zero attached hydrogens (tertiary/aromatic N) is 6. The second-order valence-corrected chi connectivity index (χ2v) is 7.80. The van der Waals surface area contributed by atoms with Crippen molar-refractivity contribution in [1.29, 1.82) is 10.8 Å². The molecule has 2 aromatic carbocycles. The molecular weight excluding hydrogens is 410 g/mol. The molecule has 2 fully saturated rings. The van der Waals surface area contributed by atoms with Gasteiger partial charge in [-0.05, 0) is 62.8 Å². The lowest BCUT2D eigenvalue weighted by atomic mass is 10.1. The summed E-state index contributed by atoms with van der Waals surface area (Å²) in [4.78, 5) is 11.1. The van der Waals surface area contributed by atoms with Crippen molar-refractivity contribution in [2.75, 3.05) is 36.0 Å². The fraction of sp³-hybridized carbons (Fsp3) is 0.455. The summed E-state index contributed by atoms with van der Waals surface area (Å²) in [6.07, 6.45) is 5.13. The van der Waals surface area contributed by atoms with E-state index in [2.05, 4.69) is 33.6 Å². The van der Waals surface area contributed by atoms with Crippen LogP contribution in [0.3, 0.4) is 0 Å². The first-order chi connectivity index (χ1) is 15.3. The molecule has 2 aliphatic rings. The maximum Gasteiger partial charge on any atom is 0.385 e. The summed E-state index contributed by atoms with van der Waals surface area (Å²) in [7, 11) is -3.17. The van der Waals surface area contributed by atoms with Crippen molar-refractivity contribution in [2.45, 2.75) is 39.5 Å². The van der Waals surface area contributed by atoms with Crippen molar-refractivity contribution in [3.05, 3.63) is 57.5 Å². The van der Waals surface area contributed by atoms with E-state index in [9.17, 15) is 4.32 Å². The Bertz CT molecular complexity index is 886. The third-order valence-corrected chi connectivity index (χ3v) is 5.49. The Morgan fingerprint density at radius 1 is 0.750 bits per heavy atom. The van der Waals surface area contributed by atoms with E-state index in [1.165, 1.54) is 48.2 Å². The van der Waals surface area contributed by atoms with Gasteiger partial charge in [-0.3, -0.25) is 0 Å². The van der Waals surface area contributed by atoms with Crippen LogP contribution < -0.4 is 19.8 Å². The van der Waals surface area contributed by atoms with Crippen LogP contribution in [0, 0.1) is 24.6 Å². The number of hydrogen-bond donors (Lipinski definition) is 0. The summed E-state index contributed by atoms with van der Waals surface area (Å²) in [6, 6.07) is 11.6. The van der Waals surface area contributed by atoms with E-state index in [4.69, 9.17) is 20.8 Å². The number of hydrogen-bond acceptors (Lipinski definition) is 6. The van der Waals surface area contributed by atoms with Crippen LogP contribution in [0.2, 0.25) is 0 Å². The quantitative estimate of drug-likeness (QED) is 0.521. The van der Waals surface area contributed by atoms with Crippen molar-refractivity contribution in [3.63, 3.8) is 0 Å². The Hall–Kier alpha value is -3.21. The molecule has 0 N–H and O–H groups in total. The minimum absolute atomic E-state index is 0.630. The Morgan fingerprint density at radius 3 is 1.31 bits per heavy atom. The third-order valence-electron chi connectivity index (χ3n) is 5.49. The van der Waals surface area contributed by atoms with E-state index < -0.39 is 7.40 Å². The zero-order chi connectivity index (χ0) is 23.5. The molecule has 0 atom stereocenters. The fourth-order valence-corrected chi connectivity index (χ4v) is 4.03. The Morgan fingerprint density at radius 2 is 1.06 bits per heavy atom. The molecule has 2 heterocycles.